The first-order chi connectivity index (χ1) is 6.25. The maximum Gasteiger partial charge on any atom is 0.321 e. The number of benzene rings is 1. The minimum Gasteiger partial charge on any atom is -0.321 e. The molecule has 0 atom stereocenters. The van der Waals surface area contributed by atoms with Crippen molar-refractivity contribution in [3.8, 4) is 0 Å². The van der Waals surface area contributed by atoms with E-state index in [1.54, 1.807) is 4.90 Å². The highest BCUT2D eigenvalue weighted by atomic mass is 19.1. The molecule has 1 N–H and O–H groups in total. The van der Waals surface area contributed by atoms with E-state index in [1.807, 2.05) is 0 Å². The Morgan fingerprint density at radius 1 is 1.31 bits per heavy atom. The summed E-state index contributed by atoms with van der Waals surface area (Å²) in [4.78, 5) is 12.8. The predicted octanol–water partition coefficient (Wildman–Crippen LogP) is 1.67. The van der Waals surface area contributed by atoms with Crippen molar-refractivity contribution in [1.29, 1.82) is 0 Å². The number of amides is 2. The monoisotopic (exact) mass is 180 g/mol. The maximum atomic E-state index is 12.5. The van der Waals surface area contributed by atoms with Gasteiger partial charge in [0, 0.05) is 18.8 Å². The number of hydrogen-bond acceptors (Lipinski definition) is 1. The van der Waals surface area contributed by atoms with Gasteiger partial charge in [-0.15, -0.1) is 0 Å². The van der Waals surface area contributed by atoms with Gasteiger partial charge < -0.3 is 10.2 Å². The zero-order chi connectivity index (χ0) is 9.26. The number of nitrogens with one attached hydrogen (secondary N) is 1. The third kappa shape index (κ3) is 1.96. The highest BCUT2D eigenvalue weighted by molar-refractivity contribution is 5.90. The van der Waals surface area contributed by atoms with E-state index in [0.29, 0.717) is 5.69 Å². The second-order valence-electron chi connectivity index (χ2n) is 2.92. The summed E-state index contributed by atoms with van der Waals surface area (Å²) in [5, 5.41) is 2.65. The number of carbonyl (C=O) groups is 1. The molecular weight excluding hydrogens is 171 g/mol. The van der Waals surface area contributed by atoms with Crippen LogP contribution in [0.1, 0.15) is 0 Å². The molecule has 0 unspecified atom stereocenters. The zero-order valence-electron chi connectivity index (χ0n) is 6.96. The molecule has 1 aliphatic rings. The lowest BCUT2D eigenvalue weighted by atomic mass is 10.3. The van der Waals surface area contributed by atoms with Crippen LogP contribution in [-0.2, 0) is 0 Å². The van der Waals surface area contributed by atoms with Crippen LogP contribution in [0, 0.1) is 5.82 Å². The summed E-state index contributed by atoms with van der Waals surface area (Å²) in [6.07, 6.45) is 0. The van der Waals surface area contributed by atoms with E-state index in [4.69, 9.17) is 0 Å². The lowest BCUT2D eigenvalue weighted by Gasteiger charge is -2.04. The Kier molecular flexibility index (Phi) is 1.88. The molecular formula is C9H9FN2O. The van der Waals surface area contributed by atoms with Crippen molar-refractivity contribution in [2.75, 3.05) is 18.4 Å². The largest absolute Gasteiger partial charge is 0.321 e. The fraction of sp³-hybridized carbons (Fsp3) is 0.222. The van der Waals surface area contributed by atoms with E-state index < -0.39 is 0 Å². The molecule has 13 heavy (non-hydrogen) atoms. The number of rotatable bonds is 1. The number of nitrogens with zero attached hydrogens (tertiary/aromatic N) is 1. The molecule has 1 saturated heterocycles. The molecule has 0 spiro atoms. The molecule has 4 heteroatoms. The number of carbonyl (C=O) groups excluding carboxylic acids is 1. The van der Waals surface area contributed by atoms with Gasteiger partial charge in [-0.3, -0.25) is 0 Å². The van der Waals surface area contributed by atoms with Crippen molar-refractivity contribution >= 4 is 11.7 Å². The molecule has 2 amide bonds. The average molecular weight is 180 g/mol. The van der Waals surface area contributed by atoms with Crippen molar-refractivity contribution in [1.82, 2.24) is 4.90 Å². The Morgan fingerprint density at radius 2 is 1.92 bits per heavy atom. The summed E-state index contributed by atoms with van der Waals surface area (Å²) in [5.41, 5.74) is 0.623. The highest BCUT2D eigenvalue weighted by Gasteiger charge is 2.23. The third-order valence-corrected chi connectivity index (χ3v) is 1.83. The Bertz CT molecular complexity index is 319. The van der Waals surface area contributed by atoms with Gasteiger partial charge in [0.1, 0.15) is 5.82 Å². The van der Waals surface area contributed by atoms with Crippen molar-refractivity contribution in [3.63, 3.8) is 0 Å². The SMILES string of the molecule is O=C(Nc1ccc(F)cc1)N1CC1. The standard InChI is InChI=1S/C9H9FN2O/c10-7-1-3-8(4-2-7)11-9(13)12-5-6-12/h1-4H,5-6H2,(H,11,13). The first kappa shape index (κ1) is 8.04. The Morgan fingerprint density at radius 3 is 2.46 bits per heavy atom. The van der Waals surface area contributed by atoms with Crippen LogP contribution in [0.5, 0.6) is 0 Å². The first-order valence-electron chi connectivity index (χ1n) is 4.07. The molecule has 2 rings (SSSR count). The van der Waals surface area contributed by atoms with E-state index in [0.717, 1.165) is 13.1 Å². The summed E-state index contributed by atoms with van der Waals surface area (Å²) in [5.74, 6) is -0.301. The van der Waals surface area contributed by atoms with Gasteiger partial charge >= 0.3 is 6.03 Å². The van der Waals surface area contributed by atoms with Crippen LogP contribution < -0.4 is 5.32 Å². The average Bonchev–Trinajstić information content (AvgIpc) is 2.91. The zero-order valence-corrected chi connectivity index (χ0v) is 6.96. The summed E-state index contributed by atoms with van der Waals surface area (Å²) >= 11 is 0. The summed E-state index contributed by atoms with van der Waals surface area (Å²) in [6.45, 7) is 1.63. The smallest absolute Gasteiger partial charge is 0.321 e. The Hall–Kier alpha value is -1.58. The minimum absolute atomic E-state index is 0.119. The van der Waals surface area contributed by atoms with Crippen molar-refractivity contribution in [2.45, 2.75) is 0 Å². The summed E-state index contributed by atoms with van der Waals surface area (Å²) < 4.78 is 12.5. The van der Waals surface area contributed by atoms with Gasteiger partial charge in [0.25, 0.3) is 0 Å². The predicted molar refractivity (Wildman–Crippen MR) is 47.0 cm³/mol. The van der Waals surface area contributed by atoms with Crippen molar-refractivity contribution in [3.05, 3.63) is 30.1 Å². The quantitative estimate of drug-likeness (QED) is 0.655. The lowest BCUT2D eigenvalue weighted by molar-refractivity contribution is 0.242. The van der Waals surface area contributed by atoms with E-state index in [9.17, 15) is 9.18 Å². The van der Waals surface area contributed by atoms with Crippen LogP contribution in [0.4, 0.5) is 14.9 Å². The van der Waals surface area contributed by atoms with Crippen molar-refractivity contribution < 1.29 is 9.18 Å². The van der Waals surface area contributed by atoms with Crippen LogP contribution in [0.3, 0.4) is 0 Å². The van der Waals surface area contributed by atoms with Crippen LogP contribution in [-0.4, -0.2) is 24.0 Å². The number of anilines is 1. The topological polar surface area (TPSA) is 32.1 Å². The highest BCUT2D eigenvalue weighted by Crippen LogP contribution is 2.11. The molecule has 1 fully saturated rings. The second kappa shape index (κ2) is 3.05. The van der Waals surface area contributed by atoms with Crippen LogP contribution in [0.25, 0.3) is 0 Å². The van der Waals surface area contributed by atoms with E-state index in [2.05, 4.69) is 5.32 Å². The number of urea groups is 1. The maximum absolute atomic E-state index is 12.5. The molecule has 1 aromatic carbocycles. The number of halogens is 1. The molecule has 3 nitrogen and oxygen atoms in total. The molecule has 1 heterocycles. The molecule has 0 radical (unpaired) electrons. The molecule has 1 aromatic rings. The van der Waals surface area contributed by atoms with Gasteiger partial charge in [-0.1, -0.05) is 0 Å². The molecule has 1 aliphatic heterocycles. The van der Waals surface area contributed by atoms with Gasteiger partial charge in [0.2, 0.25) is 0 Å². The minimum atomic E-state index is -0.301. The van der Waals surface area contributed by atoms with Gasteiger partial charge in [0.15, 0.2) is 0 Å². The van der Waals surface area contributed by atoms with E-state index in [-0.39, 0.29) is 11.8 Å². The van der Waals surface area contributed by atoms with Gasteiger partial charge in [-0.2, -0.15) is 0 Å². The van der Waals surface area contributed by atoms with E-state index >= 15 is 0 Å². The third-order valence-electron chi connectivity index (χ3n) is 1.83. The molecule has 0 aromatic heterocycles. The van der Waals surface area contributed by atoms with E-state index in [1.165, 1.54) is 24.3 Å². The van der Waals surface area contributed by atoms with Gasteiger partial charge in [0.05, 0.1) is 0 Å². The van der Waals surface area contributed by atoms with Crippen molar-refractivity contribution in [2.24, 2.45) is 0 Å². The van der Waals surface area contributed by atoms with Gasteiger partial charge in [-0.05, 0) is 24.3 Å². The van der Waals surface area contributed by atoms with Crippen LogP contribution in [0.2, 0.25) is 0 Å². The normalized spacial score (nSPS) is 14.1. The van der Waals surface area contributed by atoms with Gasteiger partial charge in [-0.25, -0.2) is 9.18 Å². The summed E-state index contributed by atoms with van der Waals surface area (Å²) in [6, 6.07) is 5.59. The molecule has 0 saturated carbocycles. The molecule has 0 aliphatic carbocycles. The molecule has 68 valence electrons. The van der Waals surface area contributed by atoms with Crippen LogP contribution >= 0.6 is 0 Å². The second-order valence-corrected chi connectivity index (χ2v) is 2.92. The Labute approximate surface area is 75.2 Å². The first-order valence-corrected chi connectivity index (χ1v) is 4.07. The fourth-order valence-corrected chi connectivity index (χ4v) is 0.989. The lowest BCUT2D eigenvalue weighted by Crippen LogP contribution is -2.18. The Balaban J connectivity index is 2.00. The fourth-order valence-electron chi connectivity index (χ4n) is 0.989. The molecule has 0 bridgehead atoms. The number of hydrogen-bond donors (Lipinski definition) is 1. The summed E-state index contributed by atoms with van der Waals surface area (Å²) in [7, 11) is 0. The van der Waals surface area contributed by atoms with Crippen LogP contribution in [0.15, 0.2) is 24.3 Å².